The second-order valence-corrected chi connectivity index (χ2v) is 8.52. The number of methoxy groups -OCH3 is 1. The van der Waals surface area contributed by atoms with E-state index >= 15 is 0 Å². The summed E-state index contributed by atoms with van der Waals surface area (Å²) in [6.45, 7) is -0.00661. The van der Waals surface area contributed by atoms with E-state index in [0.717, 1.165) is 28.6 Å². The zero-order valence-corrected chi connectivity index (χ0v) is 16.3. The van der Waals surface area contributed by atoms with Crippen LogP contribution in [-0.4, -0.2) is 38.8 Å². The van der Waals surface area contributed by atoms with Gasteiger partial charge in [0, 0.05) is 19.2 Å². The molecule has 2 aromatic carbocycles. The minimum atomic E-state index is -4.12. The van der Waals surface area contributed by atoms with Crippen molar-refractivity contribution in [1.82, 2.24) is 4.31 Å². The normalized spacial score (nSPS) is 17.7. The van der Waals surface area contributed by atoms with E-state index in [1.807, 2.05) is 0 Å². The van der Waals surface area contributed by atoms with Crippen molar-refractivity contribution in [1.29, 1.82) is 0 Å². The van der Waals surface area contributed by atoms with Gasteiger partial charge in [-0.3, -0.25) is 4.79 Å². The lowest BCUT2D eigenvalue weighted by Gasteiger charge is -2.31. The standard InChI is InChI=1S/C19H19F3N2O4S/c1-28-17-7-5-14(21)10-18(17)29(26,27)24-8-2-3-12(11-24)19(25)23-16-6-4-13(20)9-15(16)22/h4-7,9-10,12H,2-3,8,11H2,1H3,(H,23,25)/t12-/m0/s1. The van der Waals surface area contributed by atoms with E-state index in [2.05, 4.69) is 5.32 Å². The Hall–Kier alpha value is -2.59. The summed E-state index contributed by atoms with van der Waals surface area (Å²) >= 11 is 0. The van der Waals surface area contributed by atoms with Crippen LogP contribution in [0.25, 0.3) is 0 Å². The molecule has 2 aromatic rings. The third-order valence-electron chi connectivity index (χ3n) is 4.69. The van der Waals surface area contributed by atoms with E-state index in [1.54, 1.807) is 0 Å². The predicted molar refractivity (Wildman–Crippen MR) is 99.4 cm³/mol. The summed E-state index contributed by atoms with van der Waals surface area (Å²) < 4.78 is 72.5. The highest BCUT2D eigenvalue weighted by Crippen LogP contribution is 2.31. The van der Waals surface area contributed by atoms with Gasteiger partial charge < -0.3 is 10.1 Å². The number of piperidine rings is 1. The lowest BCUT2D eigenvalue weighted by atomic mass is 9.98. The number of carbonyl (C=O) groups is 1. The smallest absolute Gasteiger partial charge is 0.246 e. The topological polar surface area (TPSA) is 75.7 Å². The molecule has 0 aromatic heterocycles. The van der Waals surface area contributed by atoms with Crippen molar-refractivity contribution in [2.24, 2.45) is 5.92 Å². The number of carbonyl (C=O) groups excluding carboxylic acids is 1. The van der Waals surface area contributed by atoms with Gasteiger partial charge in [0.2, 0.25) is 15.9 Å². The molecule has 1 amide bonds. The first-order valence-corrected chi connectivity index (χ1v) is 10.3. The predicted octanol–water partition coefficient (Wildman–Crippen LogP) is 3.15. The molecule has 1 atom stereocenters. The summed E-state index contributed by atoms with van der Waals surface area (Å²) in [5.74, 6) is -3.78. The van der Waals surface area contributed by atoms with Gasteiger partial charge in [-0.2, -0.15) is 4.31 Å². The molecule has 0 aliphatic carbocycles. The number of ether oxygens (including phenoxy) is 1. The van der Waals surface area contributed by atoms with Crippen molar-refractivity contribution in [3.8, 4) is 5.75 Å². The van der Waals surface area contributed by atoms with Crippen LogP contribution in [0.4, 0.5) is 18.9 Å². The number of hydrogen-bond acceptors (Lipinski definition) is 4. The van der Waals surface area contributed by atoms with E-state index in [0.29, 0.717) is 18.9 Å². The second-order valence-electron chi connectivity index (χ2n) is 6.61. The average molecular weight is 428 g/mol. The third-order valence-corrected chi connectivity index (χ3v) is 6.57. The van der Waals surface area contributed by atoms with E-state index in [1.165, 1.54) is 13.2 Å². The van der Waals surface area contributed by atoms with Crippen molar-refractivity contribution < 1.29 is 31.1 Å². The summed E-state index contributed by atoms with van der Waals surface area (Å²) in [4.78, 5) is 12.2. The fourth-order valence-corrected chi connectivity index (χ4v) is 4.88. The lowest BCUT2D eigenvalue weighted by Crippen LogP contribution is -2.43. The first kappa shape index (κ1) is 21.1. The third kappa shape index (κ3) is 4.54. The summed E-state index contributed by atoms with van der Waals surface area (Å²) in [7, 11) is -2.84. The molecule has 0 saturated carbocycles. The average Bonchev–Trinajstić information content (AvgIpc) is 2.70. The van der Waals surface area contributed by atoms with Gasteiger partial charge in [-0.15, -0.1) is 0 Å². The number of rotatable bonds is 5. The van der Waals surface area contributed by atoms with Gasteiger partial charge >= 0.3 is 0 Å². The zero-order valence-electron chi connectivity index (χ0n) is 15.5. The number of benzene rings is 2. The van der Waals surface area contributed by atoms with Crippen LogP contribution in [0.2, 0.25) is 0 Å². The number of nitrogens with one attached hydrogen (secondary N) is 1. The van der Waals surface area contributed by atoms with Crippen LogP contribution in [0.1, 0.15) is 12.8 Å². The maximum absolute atomic E-state index is 13.8. The van der Waals surface area contributed by atoms with Crippen molar-refractivity contribution >= 4 is 21.6 Å². The fraction of sp³-hybridized carbons (Fsp3) is 0.316. The Kier molecular flexibility index (Phi) is 6.13. The van der Waals surface area contributed by atoms with E-state index in [4.69, 9.17) is 4.74 Å². The molecule has 1 saturated heterocycles. The van der Waals surface area contributed by atoms with Crippen LogP contribution in [0.5, 0.6) is 5.75 Å². The quantitative estimate of drug-likeness (QED) is 0.794. The van der Waals surface area contributed by atoms with Crippen LogP contribution < -0.4 is 10.1 Å². The number of sulfonamides is 1. The lowest BCUT2D eigenvalue weighted by molar-refractivity contribution is -0.120. The minimum Gasteiger partial charge on any atom is -0.495 e. The SMILES string of the molecule is COc1ccc(F)cc1S(=O)(=O)N1CCC[C@H](C(=O)Nc2ccc(F)cc2F)C1. The number of amides is 1. The second kappa shape index (κ2) is 8.42. The fourth-order valence-electron chi connectivity index (χ4n) is 3.19. The Bertz CT molecular complexity index is 1030. The molecule has 6 nitrogen and oxygen atoms in total. The van der Waals surface area contributed by atoms with Gasteiger partial charge in [-0.25, -0.2) is 21.6 Å². The molecule has 1 heterocycles. The highest BCUT2D eigenvalue weighted by atomic mass is 32.2. The van der Waals surface area contributed by atoms with Gasteiger partial charge in [-0.1, -0.05) is 0 Å². The Balaban J connectivity index is 1.79. The van der Waals surface area contributed by atoms with Crippen LogP contribution in [0.15, 0.2) is 41.3 Å². The Morgan fingerprint density at radius 2 is 1.83 bits per heavy atom. The van der Waals surface area contributed by atoms with Gasteiger partial charge in [-0.05, 0) is 43.2 Å². The van der Waals surface area contributed by atoms with Crippen LogP contribution >= 0.6 is 0 Å². The highest BCUT2D eigenvalue weighted by molar-refractivity contribution is 7.89. The summed E-state index contributed by atoms with van der Waals surface area (Å²) in [5, 5.41) is 2.36. The van der Waals surface area contributed by atoms with Gasteiger partial charge in [0.1, 0.15) is 28.1 Å². The summed E-state index contributed by atoms with van der Waals surface area (Å²) in [5.41, 5.74) is -0.191. The zero-order chi connectivity index (χ0) is 21.2. The Morgan fingerprint density at radius 1 is 1.14 bits per heavy atom. The Labute approximate surface area is 166 Å². The van der Waals surface area contributed by atoms with Crippen LogP contribution in [0, 0.1) is 23.4 Å². The molecular formula is C19H19F3N2O4S. The molecule has 0 unspecified atom stereocenters. The van der Waals surface area contributed by atoms with Gasteiger partial charge in [0.15, 0.2) is 0 Å². The molecule has 1 aliphatic heterocycles. The molecule has 3 rings (SSSR count). The molecule has 0 bridgehead atoms. The molecule has 10 heteroatoms. The maximum atomic E-state index is 13.8. The van der Waals surface area contributed by atoms with Crippen molar-refractivity contribution in [3.63, 3.8) is 0 Å². The van der Waals surface area contributed by atoms with Crippen molar-refractivity contribution in [2.45, 2.75) is 17.7 Å². The van der Waals surface area contributed by atoms with E-state index in [-0.39, 0.29) is 29.4 Å². The molecule has 0 radical (unpaired) electrons. The van der Waals surface area contributed by atoms with Crippen molar-refractivity contribution in [2.75, 3.05) is 25.5 Å². The van der Waals surface area contributed by atoms with Gasteiger partial charge in [0.05, 0.1) is 18.7 Å². The molecule has 1 fully saturated rings. The first-order valence-electron chi connectivity index (χ1n) is 8.82. The van der Waals surface area contributed by atoms with Crippen molar-refractivity contribution in [3.05, 3.63) is 53.8 Å². The van der Waals surface area contributed by atoms with E-state index in [9.17, 15) is 26.4 Å². The first-order chi connectivity index (χ1) is 13.7. The number of anilines is 1. The monoisotopic (exact) mass is 428 g/mol. The summed E-state index contributed by atoms with van der Waals surface area (Å²) in [6.07, 6.45) is 0.780. The van der Waals surface area contributed by atoms with E-state index < -0.39 is 39.3 Å². The maximum Gasteiger partial charge on any atom is 0.246 e. The van der Waals surface area contributed by atoms with Gasteiger partial charge in [0.25, 0.3) is 0 Å². The molecule has 1 N–H and O–H groups in total. The molecule has 0 spiro atoms. The molecule has 29 heavy (non-hydrogen) atoms. The Morgan fingerprint density at radius 3 is 2.52 bits per heavy atom. The number of halogens is 3. The summed E-state index contributed by atoms with van der Waals surface area (Å²) in [6, 6.07) is 5.91. The molecular weight excluding hydrogens is 409 g/mol. The number of nitrogens with zero attached hydrogens (tertiary/aromatic N) is 1. The molecule has 156 valence electrons. The van der Waals surface area contributed by atoms with Crippen LogP contribution in [-0.2, 0) is 14.8 Å². The molecule has 1 aliphatic rings. The van der Waals surface area contributed by atoms with Crippen LogP contribution in [0.3, 0.4) is 0 Å². The largest absolute Gasteiger partial charge is 0.495 e. The highest BCUT2D eigenvalue weighted by Gasteiger charge is 2.35. The minimum absolute atomic E-state index is 0.00800. The number of hydrogen-bond donors (Lipinski definition) is 1.